The maximum absolute atomic E-state index is 11.4. The van der Waals surface area contributed by atoms with Crippen LogP contribution in [0.5, 0.6) is 0 Å². The van der Waals surface area contributed by atoms with Crippen molar-refractivity contribution in [1.29, 1.82) is 0 Å². The lowest BCUT2D eigenvalue weighted by Crippen LogP contribution is -2.30. The van der Waals surface area contributed by atoms with Crippen molar-refractivity contribution in [2.75, 3.05) is 6.54 Å². The molecule has 0 spiro atoms. The first-order chi connectivity index (χ1) is 8.13. The molecule has 0 radical (unpaired) electrons. The number of rotatable bonds is 6. The largest absolute Gasteiger partial charge is 0.354 e. The first-order valence-electron chi connectivity index (χ1n) is 5.37. The minimum atomic E-state index is -0.0754. The lowest BCUT2D eigenvalue weighted by Gasteiger charge is -2.07. The fourth-order valence-corrected chi connectivity index (χ4v) is 1.69. The highest BCUT2D eigenvalue weighted by Gasteiger charge is 2.00. The summed E-state index contributed by atoms with van der Waals surface area (Å²) in [4.78, 5) is 22.7. The van der Waals surface area contributed by atoms with Crippen molar-refractivity contribution in [1.82, 2.24) is 9.88 Å². The molecule has 1 aromatic heterocycles. The summed E-state index contributed by atoms with van der Waals surface area (Å²) in [6.07, 6.45) is 4.52. The van der Waals surface area contributed by atoms with E-state index in [1.54, 1.807) is 22.9 Å². The molecule has 0 aliphatic rings. The summed E-state index contributed by atoms with van der Waals surface area (Å²) in [5, 5.41) is 2.75. The summed E-state index contributed by atoms with van der Waals surface area (Å²) in [7, 11) is 0. The third-order valence-electron chi connectivity index (χ3n) is 2.20. The fraction of sp³-hybridized carbons (Fsp3) is 0.333. The first-order valence-corrected chi connectivity index (χ1v) is 6.16. The van der Waals surface area contributed by atoms with Crippen LogP contribution in [0.2, 0.25) is 0 Å². The van der Waals surface area contributed by atoms with Gasteiger partial charge in [0.2, 0.25) is 5.91 Å². The molecular formula is C12H15BrN2O2. The predicted molar refractivity (Wildman–Crippen MR) is 70.8 cm³/mol. The Morgan fingerprint density at radius 2 is 2.29 bits per heavy atom. The van der Waals surface area contributed by atoms with Crippen LogP contribution < -0.4 is 10.9 Å². The molecular weight excluding hydrogens is 284 g/mol. The molecule has 5 heteroatoms. The summed E-state index contributed by atoms with van der Waals surface area (Å²) in [5.74, 6) is -0.0204. The molecule has 1 aromatic rings. The highest BCUT2D eigenvalue weighted by molar-refractivity contribution is 9.10. The average Bonchev–Trinajstić information content (AvgIpc) is 2.31. The van der Waals surface area contributed by atoms with Crippen LogP contribution in [-0.4, -0.2) is 17.0 Å². The molecule has 1 rings (SSSR count). The Bertz CT molecular complexity index is 454. The van der Waals surface area contributed by atoms with E-state index in [4.69, 9.17) is 0 Å². The zero-order valence-electron chi connectivity index (χ0n) is 9.49. The van der Waals surface area contributed by atoms with Crippen LogP contribution in [0.1, 0.15) is 12.8 Å². The SMILES string of the molecule is C=CCCC(=O)NCCn1cc(Br)ccc1=O. The van der Waals surface area contributed by atoms with E-state index in [-0.39, 0.29) is 11.5 Å². The monoisotopic (exact) mass is 298 g/mol. The molecule has 0 aliphatic carbocycles. The Hall–Kier alpha value is -1.36. The van der Waals surface area contributed by atoms with Crippen molar-refractivity contribution >= 4 is 21.8 Å². The van der Waals surface area contributed by atoms with Gasteiger partial charge in [0.05, 0.1) is 0 Å². The maximum atomic E-state index is 11.4. The Balaban J connectivity index is 2.40. The van der Waals surface area contributed by atoms with E-state index >= 15 is 0 Å². The van der Waals surface area contributed by atoms with Crippen LogP contribution in [0, 0.1) is 0 Å². The summed E-state index contributed by atoms with van der Waals surface area (Å²) < 4.78 is 2.40. The van der Waals surface area contributed by atoms with E-state index < -0.39 is 0 Å². The number of halogens is 1. The molecule has 4 nitrogen and oxygen atoms in total. The van der Waals surface area contributed by atoms with Gasteiger partial charge >= 0.3 is 0 Å². The molecule has 0 fully saturated rings. The Morgan fingerprint density at radius 1 is 1.53 bits per heavy atom. The van der Waals surface area contributed by atoms with Gasteiger partial charge in [0.15, 0.2) is 0 Å². The molecule has 17 heavy (non-hydrogen) atoms. The third kappa shape index (κ3) is 4.99. The molecule has 0 aliphatic heterocycles. The standard InChI is InChI=1S/C12H15BrN2O2/c1-2-3-4-11(16)14-7-8-15-9-10(13)5-6-12(15)17/h2,5-6,9H,1,3-4,7-8H2,(H,14,16). The van der Waals surface area contributed by atoms with Crippen molar-refractivity contribution < 1.29 is 4.79 Å². The number of carbonyl (C=O) groups excluding carboxylic acids is 1. The smallest absolute Gasteiger partial charge is 0.250 e. The quantitative estimate of drug-likeness (QED) is 0.813. The van der Waals surface area contributed by atoms with Gasteiger partial charge in [0.25, 0.3) is 5.56 Å². The average molecular weight is 299 g/mol. The van der Waals surface area contributed by atoms with Crippen LogP contribution >= 0.6 is 15.9 Å². The van der Waals surface area contributed by atoms with Gasteiger partial charge in [-0.05, 0) is 28.4 Å². The highest BCUT2D eigenvalue weighted by atomic mass is 79.9. The van der Waals surface area contributed by atoms with E-state index in [9.17, 15) is 9.59 Å². The topological polar surface area (TPSA) is 51.1 Å². The molecule has 1 amide bonds. The molecule has 0 saturated carbocycles. The number of hydrogen-bond acceptors (Lipinski definition) is 2. The second-order valence-electron chi connectivity index (χ2n) is 3.56. The zero-order valence-corrected chi connectivity index (χ0v) is 11.1. The third-order valence-corrected chi connectivity index (χ3v) is 2.67. The number of allylic oxidation sites excluding steroid dienone is 1. The van der Waals surface area contributed by atoms with Gasteiger partial charge in [0.1, 0.15) is 0 Å². The van der Waals surface area contributed by atoms with Crippen LogP contribution in [0.15, 0.2) is 40.3 Å². The molecule has 92 valence electrons. The van der Waals surface area contributed by atoms with E-state index in [1.807, 2.05) is 0 Å². The lowest BCUT2D eigenvalue weighted by molar-refractivity contribution is -0.121. The summed E-state index contributed by atoms with van der Waals surface area (Å²) >= 11 is 3.29. The molecule has 0 bridgehead atoms. The Kier molecular flexibility index (Phi) is 5.69. The summed E-state index contributed by atoms with van der Waals surface area (Å²) in [6.45, 7) is 4.47. The lowest BCUT2D eigenvalue weighted by atomic mass is 10.3. The van der Waals surface area contributed by atoms with Crippen molar-refractivity contribution in [2.45, 2.75) is 19.4 Å². The van der Waals surface area contributed by atoms with Gasteiger partial charge < -0.3 is 9.88 Å². The van der Waals surface area contributed by atoms with Gasteiger partial charge in [0, 0.05) is 36.2 Å². The van der Waals surface area contributed by atoms with Gasteiger partial charge in [-0.2, -0.15) is 0 Å². The predicted octanol–water partition coefficient (Wildman–Crippen LogP) is 1.69. The summed E-state index contributed by atoms with van der Waals surface area (Å²) in [6, 6.07) is 3.19. The molecule has 0 unspecified atom stereocenters. The summed E-state index contributed by atoms with van der Waals surface area (Å²) in [5.41, 5.74) is -0.0754. The van der Waals surface area contributed by atoms with E-state index in [0.29, 0.717) is 25.9 Å². The van der Waals surface area contributed by atoms with E-state index in [2.05, 4.69) is 27.8 Å². The highest BCUT2D eigenvalue weighted by Crippen LogP contribution is 2.04. The number of nitrogens with zero attached hydrogens (tertiary/aromatic N) is 1. The van der Waals surface area contributed by atoms with Crippen LogP contribution in [0.4, 0.5) is 0 Å². The Labute approximate surface area is 108 Å². The molecule has 1 heterocycles. The number of nitrogens with one attached hydrogen (secondary N) is 1. The number of hydrogen-bond donors (Lipinski definition) is 1. The minimum Gasteiger partial charge on any atom is -0.354 e. The van der Waals surface area contributed by atoms with Crippen LogP contribution in [0.25, 0.3) is 0 Å². The Morgan fingerprint density at radius 3 is 3.00 bits per heavy atom. The van der Waals surface area contributed by atoms with Gasteiger partial charge in [-0.3, -0.25) is 9.59 Å². The maximum Gasteiger partial charge on any atom is 0.250 e. The zero-order chi connectivity index (χ0) is 12.7. The van der Waals surface area contributed by atoms with E-state index in [0.717, 1.165) is 4.47 Å². The normalized spacial score (nSPS) is 9.94. The number of carbonyl (C=O) groups is 1. The number of pyridine rings is 1. The molecule has 0 aromatic carbocycles. The second-order valence-corrected chi connectivity index (χ2v) is 4.47. The number of aromatic nitrogens is 1. The van der Waals surface area contributed by atoms with Crippen molar-refractivity contribution in [3.05, 3.63) is 45.8 Å². The van der Waals surface area contributed by atoms with Gasteiger partial charge in [-0.25, -0.2) is 0 Å². The van der Waals surface area contributed by atoms with Crippen LogP contribution in [0.3, 0.4) is 0 Å². The number of amides is 1. The van der Waals surface area contributed by atoms with Crippen molar-refractivity contribution in [3.63, 3.8) is 0 Å². The minimum absolute atomic E-state index is 0.0204. The van der Waals surface area contributed by atoms with Crippen molar-refractivity contribution in [3.8, 4) is 0 Å². The van der Waals surface area contributed by atoms with Gasteiger partial charge in [-0.15, -0.1) is 6.58 Å². The second kappa shape index (κ2) is 7.06. The van der Waals surface area contributed by atoms with Crippen LogP contribution in [-0.2, 0) is 11.3 Å². The molecule has 0 saturated heterocycles. The first kappa shape index (κ1) is 13.7. The van der Waals surface area contributed by atoms with Gasteiger partial charge in [-0.1, -0.05) is 6.08 Å². The van der Waals surface area contributed by atoms with E-state index in [1.165, 1.54) is 6.07 Å². The fourth-order valence-electron chi connectivity index (χ4n) is 1.31. The van der Waals surface area contributed by atoms with Crippen molar-refractivity contribution in [2.24, 2.45) is 0 Å². The molecule has 1 N–H and O–H groups in total. The molecule has 0 atom stereocenters.